The van der Waals surface area contributed by atoms with Crippen LogP contribution in [-0.4, -0.2) is 12.4 Å². The Morgan fingerprint density at radius 3 is 2.55 bits per heavy atom. The van der Waals surface area contributed by atoms with Crippen LogP contribution in [0.2, 0.25) is 0 Å². The molecule has 4 nitrogen and oxygen atoms in total. The first-order chi connectivity index (χ1) is 9.57. The second kappa shape index (κ2) is 6.21. The van der Waals surface area contributed by atoms with Crippen molar-refractivity contribution in [2.24, 2.45) is 0 Å². The van der Waals surface area contributed by atoms with Gasteiger partial charge in [-0.3, -0.25) is 9.32 Å². The van der Waals surface area contributed by atoms with E-state index < -0.39 is 7.60 Å². The fraction of sp³-hybridized carbons (Fsp3) is 0.267. The van der Waals surface area contributed by atoms with Gasteiger partial charge in [0.05, 0.1) is 11.9 Å². The predicted molar refractivity (Wildman–Crippen MR) is 77.9 cm³/mol. The first-order valence-electron chi connectivity index (χ1n) is 6.47. The molecule has 1 aromatic rings. The average molecular weight is 292 g/mol. The van der Waals surface area contributed by atoms with E-state index in [9.17, 15) is 9.36 Å². The summed E-state index contributed by atoms with van der Waals surface area (Å²) >= 11 is 0. The molecule has 0 aliphatic heterocycles. The molecule has 0 saturated heterocycles. The van der Waals surface area contributed by atoms with Crippen LogP contribution in [0, 0.1) is 0 Å². The zero-order chi connectivity index (χ0) is 14.6. The number of benzene rings is 1. The lowest BCUT2D eigenvalue weighted by molar-refractivity contribution is -0.113. The summed E-state index contributed by atoms with van der Waals surface area (Å²) in [7, 11) is -3.53. The Hall–Kier alpha value is -1.64. The van der Waals surface area contributed by atoms with Crippen molar-refractivity contribution in [3.63, 3.8) is 0 Å². The van der Waals surface area contributed by atoms with Gasteiger partial charge in [0.1, 0.15) is 0 Å². The van der Waals surface area contributed by atoms with E-state index >= 15 is 0 Å². The first kappa shape index (κ1) is 14.8. The van der Waals surface area contributed by atoms with Crippen molar-refractivity contribution in [2.45, 2.75) is 20.3 Å². The van der Waals surface area contributed by atoms with Crippen molar-refractivity contribution < 1.29 is 18.4 Å². The van der Waals surface area contributed by atoms with E-state index in [1.54, 1.807) is 44.2 Å². The predicted octanol–water partition coefficient (Wildman–Crippen LogP) is 3.36. The summed E-state index contributed by atoms with van der Waals surface area (Å²) in [6, 6.07) is 8.69. The molecule has 0 radical (unpaired) electrons. The Bertz CT molecular complexity index is 602. The van der Waals surface area contributed by atoms with Crippen LogP contribution in [0.3, 0.4) is 0 Å². The quantitative estimate of drug-likeness (QED) is 0.781. The number of carbonyl (C=O) groups excluding carboxylic acids is 1. The number of hydrogen-bond donors (Lipinski definition) is 0. The second-order valence-electron chi connectivity index (χ2n) is 4.42. The zero-order valence-corrected chi connectivity index (χ0v) is 12.4. The van der Waals surface area contributed by atoms with Gasteiger partial charge in [0.15, 0.2) is 5.76 Å². The Kier molecular flexibility index (Phi) is 4.58. The fourth-order valence-electron chi connectivity index (χ4n) is 1.90. The van der Waals surface area contributed by atoms with Gasteiger partial charge in [-0.1, -0.05) is 24.3 Å². The number of hydrogen-bond acceptors (Lipinski definition) is 4. The molecule has 0 fully saturated rings. The molecule has 0 aromatic heterocycles. The molecule has 0 N–H and O–H groups in total. The monoisotopic (exact) mass is 292 g/mol. The van der Waals surface area contributed by atoms with E-state index in [1.165, 1.54) is 6.08 Å². The first-order valence-corrected chi connectivity index (χ1v) is 8.01. The van der Waals surface area contributed by atoms with E-state index in [2.05, 4.69) is 0 Å². The van der Waals surface area contributed by atoms with E-state index in [0.29, 0.717) is 11.7 Å². The summed E-state index contributed by atoms with van der Waals surface area (Å²) in [5, 5.41) is 0.449. The SMILES string of the molecule is CCOP(=O)(OC1=C(C)CC=CC1=O)c1ccccc1. The van der Waals surface area contributed by atoms with Crippen LogP contribution in [-0.2, 0) is 18.4 Å². The van der Waals surface area contributed by atoms with Crippen molar-refractivity contribution in [3.05, 3.63) is 53.8 Å². The number of rotatable bonds is 5. The summed E-state index contributed by atoms with van der Waals surface area (Å²) in [4.78, 5) is 11.9. The minimum atomic E-state index is -3.53. The molecule has 1 atom stereocenters. The Labute approximate surface area is 118 Å². The normalized spacial score (nSPS) is 18.0. The highest BCUT2D eigenvalue weighted by Gasteiger charge is 2.32. The molecule has 0 bridgehead atoms. The van der Waals surface area contributed by atoms with Gasteiger partial charge in [-0.25, -0.2) is 4.57 Å². The molecule has 1 aliphatic rings. The van der Waals surface area contributed by atoms with E-state index in [1.807, 2.05) is 6.07 Å². The molecule has 0 saturated carbocycles. The van der Waals surface area contributed by atoms with Gasteiger partial charge in [0.25, 0.3) is 0 Å². The molecule has 20 heavy (non-hydrogen) atoms. The minimum Gasteiger partial charge on any atom is -0.417 e. The van der Waals surface area contributed by atoms with Crippen LogP contribution in [0.25, 0.3) is 0 Å². The summed E-state index contributed by atoms with van der Waals surface area (Å²) in [5.74, 6) is -0.141. The van der Waals surface area contributed by atoms with Crippen molar-refractivity contribution in [3.8, 4) is 0 Å². The third-order valence-electron chi connectivity index (χ3n) is 2.89. The van der Waals surface area contributed by atoms with Crippen LogP contribution in [0.15, 0.2) is 53.8 Å². The van der Waals surface area contributed by atoms with Crippen LogP contribution >= 0.6 is 7.60 Å². The van der Waals surface area contributed by atoms with Gasteiger partial charge in [-0.2, -0.15) is 0 Å². The largest absolute Gasteiger partial charge is 0.417 e. The van der Waals surface area contributed by atoms with Gasteiger partial charge in [0, 0.05) is 0 Å². The molecular weight excluding hydrogens is 275 g/mol. The number of carbonyl (C=O) groups is 1. The Morgan fingerprint density at radius 2 is 1.95 bits per heavy atom. The van der Waals surface area contributed by atoms with Crippen LogP contribution in [0.1, 0.15) is 20.3 Å². The van der Waals surface area contributed by atoms with E-state index in [-0.39, 0.29) is 18.1 Å². The molecule has 0 amide bonds. The van der Waals surface area contributed by atoms with Crippen LogP contribution < -0.4 is 5.30 Å². The molecular formula is C15H17O4P. The minimum absolute atomic E-state index is 0.133. The standard InChI is InChI=1S/C15H17O4P/c1-3-18-20(17,13-9-5-4-6-10-13)19-15-12(2)8-7-11-14(15)16/h4-7,9-11H,3,8H2,1-2H3. The van der Waals surface area contributed by atoms with Crippen molar-refractivity contribution in [1.29, 1.82) is 0 Å². The highest BCUT2D eigenvalue weighted by Crippen LogP contribution is 2.50. The molecule has 5 heteroatoms. The summed E-state index contributed by atoms with van der Waals surface area (Å²) in [6.07, 6.45) is 3.81. The highest BCUT2D eigenvalue weighted by molar-refractivity contribution is 7.62. The molecule has 1 aromatic carbocycles. The lowest BCUT2D eigenvalue weighted by Gasteiger charge is -2.22. The van der Waals surface area contributed by atoms with Gasteiger partial charge in [0.2, 0.25) is 5.78 Å². The molecule has 106 valence electrons. The average Bonchev–Trinajstić information content (AvgIpc) is 2.44. The molecule has 2 rings (SSSR count). The van der Waals surface area contributed by atoms with Crippen molar-refractivity contribution in [2.75, 3.05) is 6.61 Å². The smallest absolute Gasteiger partial charge is 0.410 e. The van der Waals surface area contributed by atoms with E-state index in [4.69, 9.17) is 9.05 Å². The zero-order valence-electron chi connectivity index (χ0n) is 11.5. The summed E-state index contributed by atoms with van der Waals surface area (Å²) < 4.78 is 23.8. The second-order valence-corrected chi connectivity index (χ2v) is 6.37. The molecule has 1 aliphatic carbocycles. The van der Waals surface area contributed by atoms with Gasteiger partial charge < -0.3 is 4.52 Å². The van der Waals surface area contributed by atoms with Crippen LogP contribution in [0.4, 0.5) is 0 Å². The molecule has 0 heterocycles. The summed E-state index contributed by atoms with van der Waals surface area (Å²) in [5.41, 5.74) is 0.758. The van der Waals surface area contributed by atoms with Gasteiger partial charge >= 0.3 is 7.60 Å². The maximum absolute atomic E-state index is 12.9. The fourth-order valence-corrected chi connectivity index (χ4v) is 3.57. The van der Waals surface area contributed by atoms with E-state index in [0.717, 1.165) is 5.57 Å². The maximum Gasteiger partial charge on any atom is 0.410 e. The highest BCUT2D eigenvalue weighted by atomic mass is 31.2. The summed E-state index contributed by atoms with van der Waals surface area (Å²) in [6.45, 7) is 3.77. The third kappa shape index (κ3) is 3.09. The number of allylic oxidation sites excluding steroid dienone is 3. The Balaban J connectivity index is 2.36. The lowest BCUT2D eigenvalue weighted by atomic mass is 10.1. The Morgan fingerprint density at radius 1 is 1.25 bits per heavy atom. The van der Waals surface area contributed by atoms with Crippen LogP contribution in [0.5, 0.6) is 0 Å². The maximum atomic E-state index is 12.9. The molecule has 1 unspecified atom stereocenters. The van der Waals surface area contributed by atoms with Crippen molar-refractivity contribution >= 4 is 18.7 Å². The van der Waals surface area contributed by atoms with Gasteiger partial charge in [-0.15, -0.1) is 0 Å². The lowest BCUT2D eigenvalue weighted by Crippen LogP contribution is -2.15. The van der Waals surface area contributed by atoms with Crippen molar-refractivity contribution in [1.82, 2.24) is 0 Å². The number of ketones is 1. The molecule has 0 spiro atoms. The van der Waals surface area contributed by atoms with Gasteiger partial charge in [-0.05, 0) is 44.1 Å². The third-order valence-corrected chi connectivity index (χ3v) is 4.84. The topological polar surface area (TPSA) is 52.6 Å².